The van der Waals surface area contributed by atoms with Gasteiger partial charge in [0.15, 0.2) is 5.75 Å². The molecular weight excluding hydrogens is 434 g/mol. The first-order chi connectivity index (χ1) is 14.0. The summed E-state index contributed by atoms with van der Waals surface area (Å²) < 4.78 is 6.81. The SMILES string of the molecule is Cc1ccc2c(c1)N(CC(=O)NCc1cccc(Br)c1)C(=O)c1cccnc1O2. The molecule has 29 heavy (non-hydrogen) atoms. The minimum absolute atomic E-state index is 0.124. The van der Waals surface area contributed by atoms with E-state index in [1.165, 1.54) is 4.90 Å². The van der Waals surface area contributed by atoms with Gasteiger partial charge in [-0.2, -0.15) is 0 Å². The lowest BCUT2D eigenvalue weighted by Crippen LogP contribution is -2.40. The van der Waals surface area contributed by atoms with Crippen molar-refractivity contribution < 1.29 is 14.3 Å². The van der Waals surface area contributed by atoms with Crippen LogP contribution in [0.3, 0.4) is 0 Å². The Labute approximate surface area is 176 Å². The van der Waals surface area contributed by atoms with Crippen molar-refractivity contribution in [2.24, 2.45) is 0 Å². The number of aromatic nitrogens is 1. The van der Waals surface area contributed by atoms with Crippen LogP contribution in [0.4, 0.5) is 5.69 Å². The van der Waals surface area contributed by atoms with E-state index >= 15 is 0 Å². The number of fused-ring (bicyclic) bond motifs is 2. The van der Waals surface area contributed by atoms with Crippen molar-refractivity contribution in [3.05, 3.63) is 82.0 Å². The molecule has 7 heteroatoms. The minimum atomic E-state index is -0.324. The van der Waals surface area contributed by atoms with Crippen LogP contribution in [0.2, 0.25) is 0 Å². The van der Waals surface area contributed by atoms with E-state index in [0.717, 1.165) is 15.6 Å². The highest BCUT2D eigenvalue weighted by molar-refractivity contribution is 9.10. The second-order valence-corrected chi connectivity index (χ2v) is 7.64. The third-order valence-electron chi connectivity index (χ3n) is 4.54. The van der Waals surface area contributed by atoms with Gasteiger partial charge in [-0.15, -0.1) is 0 Å². The van der Waals surface area contributed by atoms with Gasteiger partial charge in [0.25, 0.3) is 5.91 Å². The fourth-order valence-corrected chi connectivity index (χ4v) is 3.57. The summed E-state index contributed by atoms with van der Waals surface area (Å²) in [6.07, 6.45) is 1.57. The van der Waals surface area contributed by atoms with Crippen molar-refractivity contribution in [1.29, 1.82) is 0 Å². The largest absolute Gasteiger partial charge is 0.436 e. The van der Waals surface area contributed by atoms with Gasteiger partial charge >= 0.3 is 0 Å². The maximum absolute atomic E-state index is 13.2. The number of anilines is 1. The van der Waals surface area contributed by atoms with Crippen LogP contribution in [-0.4, -0.2) is 23.3 Å². The Morgan fingerprint density at radius 1 is 1.17 bits per heavy atom. The van der Waals surface area contributed by atoms with E-state index < -0.39 is 0 Å². The predicted octanol–water partition coefficient (Wildman–Crippen LogP) is 4.22. The molecule has 6 nitrogen and oxygen atoms in total. The zero-order chi connectivity index (χ0) is 20.4. The number of aryl methyl sites for hydroxylation is 1. The van der Waals surface area contributed by atoms with E-state index in [-0.39, 0.29) is 24.2 Å². The molecule has 0 atom stereocenters. The minimum Gasteiger partial charge on any atom is -0.436 e. The molecule has 0 unspecified atom stereocenters. The number of nitrogens with zero attached hydrogens (tertiary/aromatic N) is 2. The van der Waals surface area contributed by atoms with Crippen LogP contribution < -0.4 is 15.0 Å². The highest BCUT2D eigenvalue weighted by Crippen LogP contribution is 2.38. The average molecular weight is 452 g/mol. The van der Waals surface area contributed by atoms with Crippen LogP contribution in [0.1, 0.15) is 21.5 Å². The summed E-state index contributed by atoms with van der Waals surface area (Å²) >= 11 is 3.42. The topological polar surface area (TPSA) is 71.5 Å². The van der Waals surface area contributed by atoms with Gasteiger partial charge in [0.1, 0.15) is 12.1 Å². The Kier molecular flexibility index (Phi) is 5.31. The van der Waals surface area contributed by atoms with Crippen molar-refractivity contribution >= 4 is 33.4 Å². The summed E-state index contributed by atoms with van der Waals surface area (Å²) in [6.45, 7) is 2.17. The van der Waals surface area contributed by atoms with Crippen LogP contribution >= 0.6 is 15.9 Å². The lowest BCUT2D eigenvalue weighted by Gasteiger charge is -2.22. The lowest BCUT2D eigenvalue weighted by atomic mass is 10.1. The van der Waals surface area contributed by atoms with Gasteiger partial charge in [0.05, 0.1) is 5.69 Å². The number of carbonyl (C=O) groups excluding carboxylic acids is 2. The molecule has 3 aromatic rings. The first-order valence-corrected chi connectivity index (χ1v) is 9.87. The standard InChI is InChI=1S/C22H18BrN3O3/c1-14-7-8-19-18(10-14)26(22(28)17-6-3-9-24-21(17)29-19)13-20(27)25-12-15-4-2-5-16(23)11-15/h2-11H,12-13H2,1H3,(H,25,27). The Morgan fingerprint density at radius 2 is 2.03 bits per heavy atom. The zero-order valence-corrected chi connectivity index (χ0v) is 17.3. The number of halogens is 1. The monoisotopic (exact) mass is 451 g/mol. The Morgan fingerprint density at radius 3 is 2.86 bits per heavy atom. The molecular formula is C22H18BrN3O3. The normalized spacial score (nSPS) is 12.5. The van der Waals surface area contributed by atoms with Crippen molar-refractivity contribution in [3.63, 3.8) is 0 Å². The smallest absolute Gasteiger partial charge is 0.264 e. The van der Waals surface area contributed by atoms with Gasteiger partial charge in [-0.3, -0.25) is 14.5 Å². The molecule has 1 aliphatic rings. The van der Waals surface area contributed by atoms with Crippen LogP contribution in [-0.2, 0) is 11.3 Å². The third kappa shape index (κ3) is 4.14. The first-order valence-electron chi connectivity index (χ1n) is 9.08. The summed E-state index contributed by atoms with van der Waals surface area (Å²) in [5.41, 5.74) is 2.79. The molecule has 0 fully saturated rings. The lowest BCUT2D eigenvalue weighted by molar-refractivity contribution is -0.119. The molecule has 0 aliphatic carbocycles. The van der Waals surface area contributed by atoms with E-state index in [1.54, 1.807) is 24.4 Å². The summed E-state index contributed by atoms with van der Waals surface area (Å²) in [7, 11) is 0. The number of nitrogens with one attached hydrogen (secondary N) is 1. The Hall–Kier alpha value is -3.19. The number of amides is 2. The highest BCUT2D eigenvalue weighted by atomic mass is 79.9. The number of pyridine rings is 1. The van der Waals surface area contributed by atoms with Crippen molar-refractivity contribution in [2.45, 2.75) is 13.5 Å². The fourth-order valence-electron chi connectivity index (χ4n) is 3.12. The van der Waals surface area contributed by atoms with Gasteiger partial charge in [-0.05, 0) is 54.4 Å². The summed E-state index contributed by atoms with van der Waals surface area (Å²) in [6, 6.07) is 16.5. The maximum atomic E-state index is 13.2. The third-order valence-corrected chi connectivity index (χ3v) is 5.03. The van der Waals surface area contributed by atoms with Gasteiger partial charge in [0, 0.05) is 17.2 Å². The predicted molar refractivity (Wildman–Crippen MR) is 113 cm³/mol. The highest BCUT2D eigenvalue weighted by Gasteiger charge is 2.30. The van der Waals surface area contributed by atoms with Crippen LogP contribution in [0, 0.1) is 6.92 Å². The average Bonchev–Trinajstić information content (AvgIpc) is 2.82. The zero-order valence-electron chi connectivity index (χ0n) is 15.7. The second kappa shape index (κ2) is 8.05. The number of benzene rings is 2. The van der Waals surface area contributed by atoms with E-state index in [9.17, 15) is 9.59 Å². The molecule has 0 radical (unpaired) electrons. The van der Waals surface area contributed by atoms with Gasteiger partial charge in [-0.1, -0.05) is 34.1 Å². The molecule has 0 spiro atoms. The molecule has 2 heterocycles. The van der Waals surface area contributed by atoms with Crippen LogP contribution in [0.25, 0.3) is 0 Å². The molecule has 2 aromatic carbocycles. The van der Waals surface area contributed by atoms with Crippen molar-refractivity contribution in [1.82, 2.24) is 10.3 Å². The number of rotatable bonds is 4. The summed E-state index contributed by atoms with van der Waals surface area (Å²) in [5, 5.41) is 2.87. The van der Waals surface area contributed by atoms with Gasteiger partial charge < -0.3 is 10.1 Å². The van der Waals surface area contributed by atoms with E-state index in [4.69, 9.17) is 4.74 Å². The number of ether oxygens (including phenoxy) is 1. The molecule has 2 amide bonds. The number of carbonyl (C=O) groups is 2. The van der Waals surface area contributed by atoms with Gasteiger partial charge in [-0.25, -0.2) is 4.98 Å². The molecule has 0 saturated heterocycles. The van der Waals surface area contributed by atoms with E-state index in [2.05, 4.69) is 26.2 Å². The summed E-state index contributed by atoms with van der Waals surface area (Å²) in [4.78, 5) is 31.5. The molecule has 4 rings (SSSR count). The van der Waals surface area contributed by atoms with Crippen LogP contribution in [0.15, 0.2) is 65.3 Å². The van der Waals surface area contributed by atoms with E-state index in [1.807, 2.05) is 43.3 Å². The van der Waals surface area contributed by atoms with Crippen molar-refractivity contribution in [2.75, 3.05) is 11.4 Å². The molecule has 0 bridgehead atoms. The molecule has 0 saturated carbocycles. The molecule has 1 N–H and O–H groups in total. The quantitative estimate of drug-likeness (QED) is 0.644. The maximum Gasteiger partial charge on any atom is 0.264 e. The second-order valence-electron chi connectivity index (χ2n) is 6.73. The summed E-state index contributed by atoms with van der Waals surface area (Å²) in [5.74, 6) is 0.133. The van der Waals surface area contributed by atoms with E-state index in [0.29, 0.717) is 23.5 Å². The first kappa shape index (κ1) is 19.1. The molecule has 1 aromatic heterocycles. The Bertz CT molecular complexity index is 1100. The molecule has 1 aliphatic heterocycles. The Balaban J connectivity index is 1.60. The van der Waals surface area contributed by atoms with Crippen LogP contribution in [0.5, 0.6) is 11.6 Å². The van der Waals surface area contributed by atoms with Gasteiger partial charge in [0.2, 0.25) is 11.8 Å². The number of hydrogen-bond acceptors (Lipinski definition) is 4. The fraction of sp³-hybridized carbons (Fsp3) is 0.136. The number of hydrogen-bond donors (Lipinski definition) is 1. The molecule has 146 valence electrons. The van der Waals surface area contributed by atoms with Crippen molar-refractivity contribution in [3.8, 4) is 11.6 Å².